The van der Waals surface area contributed by atoms with E-state index in [1.165, 1.54) is 0 Å². The van der Waals surface area contributed by atoms with Crippen LogP contribution in [0.1, 0.15) is 19.3 Å². The third-order valence-corrected chi connectivity index (χ3v) is 2.09. The molecular weight excluding hydrogens is 152 g/mol. The Morgan fingerprint density at radius 2 is 2.50 bits per heavy atom. The van der Waals surface area contributed by atoms with E-state index in [-0.39, 0.29) is 11.9 Å². The van der Waals surface area contributed by atoms with Crippen LogP contribution in [0.5, 0.6) is 0 Å². The van der Waals surface area contributed by atoms with Gasteiger partial charge in [-0.2, -0.15) is 0 Å². The van der Waals surface area contributed by atoms with Gasteiger partial charge in [0.05, 0.1) is 6.04 Å². The molecular formula is C9H14N2O. The largest absolute Gasteiger partial charge is 0.341 e. The Morgan fingerprint density at radius 1 is 1.75 bits per heavy atom. The van der Waals surface area contributed by atoms with Crippen LogP contribution < -0.4 is 5.73 Å². The minimum Gasteiger partial charge on any atom is -0.341 e. The van der Waals surface area contributed by atoms with Gasteiger partial charge >= 0.3 is 0 Å². The minimum atomic E-state index is -0.268. The maximum atomic E-state index is 11.2. The van der Waals surface area contributed by atoms with Crippen LogP contribution in [0.25, 0.3) is 0 Å². The van der Waals surface area contributed by atoms with Gasteiger partial charge in [0.15, 0.2) is 0 Å². The summed E-state index contributed by atoms with van der Waals surface area (Å²) in [6, 6.07) is -0.268. The van der Waals surface area contributed by atoms with Crippen LogP contribution in [0, 0.1) is 12.3 Å². The van der Waals surface area contributed by atoms with Gasteiger partial charge in [0.1, 0.15) is 0 Å². The fourth-order valence-electron chi connectivity index (χ4n) is 1.36. The van der Waals surface area contributed by atoms with Crippen molar-refractivity contribution in [1.82, 2.24) is 4.90 Å². The Bertz CT molecular complexity index is 207. The zero-order chi connectivity index (χ0) is 8.97. The summed E-state index contributed by atoms with van der Waals surface area (Å²) in [5.74, 6) is 2.62. The van der Waals surface area contributed by atoms with E-state index in [1.807, 2.05) is 0 Å². The zero-order valence-corrected chi connectivity index (χ0v) is 7.12. The molecule has 66 valence electrons. The molecule has 0 aliphatic carbocycles. The van der Waals surface area contributed by atoms with Crippen LogP contribution >= 0.6 is 0 Å². The molecule has 1 rings (SSSR count). The third-order valence-electron chi connectivity index (χ3n) is 2.09. The van der Waals surface area contributed by atoms with E-state index in [0.717, 1.165) is 32.4 Å². The summed E-state index contributed by atoms with van der Waals surface area (Å²) in [6.07, 6.45) is 7.50. The number of nitrogens with zero attached hydrogens (tertiary/aromatic N) is 1. The predicted octanol–water partition coefficient (Wildman–Crippen LogP) is -0.0406. The Labute approximate surface area is 72.9 Å². The third kappa shape index (κ3) is 1.99. The molecule has 1 atom stereocenters. The van der Waals surface area contributed by atoms with Gasteiger partial charge < -0.3 is 10.6 Å². The van der Waals surface area contributed by atoms with Crippen molar-refractivity contribution in [3.05, 3.63) is 0 Å². The molecule has 1 saturated heterocycles. The Balaban J connectivity index is 2.26. The van der Waals surface area contributed by atoms with Crippen molar-refractivity contribution in [3.63, 3.8) is 0 Å². The first-order valence-electron chi connectivity index (χ1n) is 4.23. The van der Waals surface area contributed by atoms with Crippen LogP contribution in [0.3, 0.4) is 0 Å². The highest BCUT2D eigenvalue weighted by Gasteiger charge is 2.27. The van der Waals surface area contributed by atoms with Crippen molar-refractivity contribution in [2.75, 3.05) is 13.1 Å². The van der Waals surface area contributed by atoms with Crippen molar-refractivity contribution < 1.29 is 4.79 Å². The lowest BCUT2D eigenvalue weighted by atomic mass is 10.3. The number of terminal acetylenes is 1. The van der Waals surface area contributed by atoms with Crippen LogP contribution in [0.4, 0.5) is 0 Å². The summed E-state index contributed by atoms with van der Waals surface area (Å²) in [5, 5.41) is 0. The van der Waals surface area contributed by atoms with Crippen molar-refractivity contribution in [1.29, 1.82) is 0 Å². The number of unbranched alkanes of at least 4 members (excludes halogenated alkanes) is 1. The topological polar surface area (TPSA) is 46.3 Å². The lowest BCUT2D eigenvalue weighted by Crippen LogP contribution is -2.34. The maximum Gasteiger partial charge on any atom is 0.239 e. The van der Waals surface area contributed by atoms with Gasteiger partial charge in [0.25, 0.3) is 0 Å². The smallest absolute Gasteiger partial charge is 0.239 e. The number of carbonyl (C=O) groups is 1. The first kappa shape index (κ1) is 9.08. The number of amides is 1. The molecule has 0 saturated carbocycles. The molecule has 1 aliphatic rings. The lowest BCUT2D eigenvalue weighted by molar-refractivity contribution is -0.128. The molecule has 1 unspecified atom stereocenters. The molecule has 1 aliphatic heterocycles. The number of rotatable bonds is 3. The van der Waals surface area contributed by atoms with Gasteiger partial charge in [0.2, 0.25) is 5.91 Å². The number of carbonyl (C=O) groups excluding carboxylic acids is 1. The van der Waals surface area contributed by atoms with E-state index in [9.17, 15) is 4.79 Å². The van der Waals surface area contributed by atoms with E-state index in [0.29, 0.717) is 0 Å². The second-order valence-corrected chi connectivity index (χ2v) is 3.03. The highest BCUT2D eigenvalue weighted by Crippen LogP contribution is 2.09. The average Bonchev–Trinajstić information content (AvgIpc) is 2.36. The molecule has 12 heavy (non-hydrogen) atoms. The molecule has 0 aromatic heterocycles. The molecule has 0 aromatic rings. The fourth-order valence-corrected chi connectivity index (χ4v) is 1.36. The normalized spacial score (nSPS) is 22.8. The Morgan fingerprint density at radius 3 is 3.00 bits per heavy atom. The van der Waals surface area contributed by atoms with Gasteiger partial charge in [-0.3, -0.25) is 4.79 Å². The molecule has 0 radical (unpaired) electrons. The van der Waals surface area contributed by atoms with Crippen LogP contribution in [0.2, 0.25) is 0 Å². The Hall–Kier alpha value is -1.01. The van der Waals surface area contributed by atoms with Crippen molar-refractivity contribution >= 4 is 5.91 Å². The van der Waals surface area contributed by atoms with E-state index in [1.54, 1.807) is 4.90 Å². The maximum absolute atomic E-state index is 11.2. The monoisotopic (exact) mass is 166 g/mol. The second kappa shape index (κ2) is 4.13. The van der Waals surface area contributed by atoms with Crippen LogP contribution in [-0.4, -0.2) is 29.9 Å². The molecule has 1 fully saturated rings. The highest BCUT2D eigenvalue weighted by atomic mass is 16.2. The predicted molar refractivity (Wildman–Crippen MR) is 47.2 cm³/mol. The van der Waals surface area contributed by atoms with Crippen molar-refractivity contribution in [2.45, 2.75) is 25.3 Å². The molecule has 3 nitrogen and oxygen atoms in total. The number of likely N-dealkylation sites (tertiary alicyclic amines) is 1. The summed E-state index contributed by atoms with van der Waals surface area (Å²) in [6.45, 7) is 1.56. The lowest BCUT2D eigenvalue weighted by Gasteiger charge is -2.14. The first-order valence-corrected chi connectivity index (χ1v) is 4.23. The number of hydrogen-bond acceptors (Lipinski definition) is 2. The summed E-state index contributed by atoms with van der Waals surface area (Å²) < 4.78 is 0. The van der Waals surface area contributed by atoms with Gasteiger partial charge in [-0.05, 0) is 12.8 Å². The van der Waals surface area contributed by atoms with Gasteiger partial charge in [-0.15, -0.1) is 12.3 Å². The van der Waals surface area contributed by atoms with Crippen molar-refractivity contribution in [2.24, 2.45) is 5.73 Å². The summed E-state index contributed by atoms with van der Waals surface area (Å²) in [7, 11) is 0. The molecule has 1 heterocycles. The standard InChI is InChI=1S/C9H14N2O/c1-2-3-4-6-11-7-5-8(10)9(11)12/h1,8H,3-7,10H2. The summed E-state index contributed by atoms with van der Waals surface area (Å²) in [5.41, 5.74) is 5.54. The average molecular weight is 166 g/mol. The quantitative estimate of drug-likeness (QED) is 0.472. The van der Waals surface area contributed by atoms with E-state index in [2.05, 4.69) is 5.92 Å². The van der Waals surface area contributed by atoms with E-state index in [4.69, 9.17) is 12.2 Å². The molecule has 1 amide bonds. The summed E-state index contributed by atoms with van der Waals surface area (Å²) >= 11 is 0. The molecule has 0 spiro atoms. The zero-order valence-electron chi connectivity index (χ0n) is 7.12. The minimum absolute atomic E-state index is 0.0759. The molecule has 2 N–H and O–H groups in total. The first-order chi connectivity index (χ1) is 5.75. The van der Waals surface area contributed by atoms with Gasteiger partial charge in [0, 0.05) is 19.5 Å². The number of nitrogens with two attached hydrogens (primary N) is 1. The SMILES string of the molecule is C#CCCCN1CCC(N)C1=O. The van der Waals surface area contributed by atoms with E-state index >= 15 is 0 Å². The van der Waals surface area contributed by atoms with Gasteiger partial charge in [-0.1, -0.05) is 0 Å². The van der Waals surface area contributed by atoms with Crippen LogP contribution in [-0.2, 0) is 4.79 Å². The second-order valence-electron chi connectivity index (χ2n) is 3.03. The van der Waals surface area contributed by atoms with E-state index < -0.39 is 0 Å². The molecule has 3 heteroatoms. The molecule has 0 aromatic carbocycles. The number of hydrogen-bond donors (Lipinski definition) is 1. The Kier molecular flexibility index (Phi) is 3.12. The highest BCUT2D eigenvalue weighted by molar-refractivity contribution is 5.83. The molecule has 0 bridgehead atoms. The van der Waals surface area contributed by atoms with Crippen LogP contribution in [0.15, 0.2) is 0 Å². The van der Waals surface area contributed by atoms with Crippen molar-refractivity contribution in [3.8, 4) is 12.3 Å². The summed E-state index contributed by atoms with van der Waals surface area (Å²) in [4.78, 5) is 13.0. The fraction of sp³-hybridized carbons (Fsp3) is 0.667. The van der Waals surface area contributed by atoms with Gasteiger partial charge in [-0.25, -0.2) is 0 Å².